The molecule has 1 spiro atoms. The molecule has 2 saturated carbocycles. The van der Waals surface area contributed by atoms with Crippen molar-refractivity contribution in [2.45, 2.75) is 144 Å². The number of sulfonamides is 1. The average Bonchev–Trinajstić information content (AvgIpc) is 4.09. The Bertz CT molecular complexity index is 2390. The lowest BCUT2D eigenvalue weighted by Crippen LogP contribution is -2.60. The Labute approximate surface area is 366 Å². The number of ether oxygens (including phenoxy) is 3. The van der Waals surface area contributed by atoms with E-state index in [-0.39, 0.29) is 69.8 Å². The molecule has 4 amide bonds. The van der Waals surface area contributed by atoms with Crippen LogP contribution in [0, 0.1) is 12.8 Å². The molecule has 7 rings (SSSR count). The highest BCUT2D eigenvalue weighted by Gasteiger charge is 2.71. The summed E-state index contributed by atoms with van der Waals surface area (Å²) in [4.78, 5) is 61.8. The van der Waals surface area contributed by atoms with Crippen molar-refractivity contribution >= 4 is 44.7 Å². The Morgan fingerprint density at radius 3 is 2.34 bits per heavy atom. The van der Waals surface area contributed by atoms with Gasteiger partial charge in [0, 0.05) is 23.3 Å². The van der Waals surface area contributed by atoms with Crippen LogP contribution in [0.25, 0.3) is 10.9 Å². The van der Waals surface area contributed by atoms with Crippen molar-refractivity contribution in [3.63, 3.8) is 0 Å². The lowest BCUT2D eigenvalue weighted by atomic mass is 9.87. The van der Waals surface area contributed by atoms with Crippen molar-refractivity contribution in [1.29, 1.82) is 0 Å². The fourth-order valence-electron chi connectivity index (χ4n) is 8.56. The summed E-state index contributed by atoms with van der Waals surface area (Å²) in [7, 11) is -4.21. The van der Waals surface area contributed by atoms with E-state index in [1.54, 1.807) is 19.1 Å². The summed E-state index contributed by atoms with van der Waals surface area (Å²) in [5, 5.41) is 4.92. The molecular weight excluding hydrogens is 910 g/mol. The maximum atomic E-state index is 14.7. The fraction of sp³-hybridized carbons (Fsp3) is 0.634. The number of carbonyl (C=O) groups excluding carboxylic acids is 4. The zero-order valence-electron chi connectivity index (χ0n) is 35.2. The van der Waals surface area contributed by atoms with Crippen LogP contribution < -0.4 is 24.8 Å². The summed E-state index contributed by atoms with van der Waals surface area (Å²) in [5.74, 6) is -3.78. The van der Waals surface area contributed by atoms with E-state index in [1.165, 1.54) is 25.1 Å². The van der Waals surface area contributed by atoms with E-state index in [2.05, 4.69) is 19.8 Å². The molecule has 5 aliphatic rings. The van der Waals surface area contributed by atoms with E-state index in [1.807, 2.05) is 5.32 Å². The van der Waals surface area contributed by atoms with Crippen LogP contribution in [0.15, 0.2) is 30.4 Å². The molecule has 14 nitrogen and oxygen atoms in total. The smallest absolute Gasteiger partial charge is 0.437 e. The number of aryl methyl sites for hydroxylation is 2. The van der Waals surface area contributed by atoms with Crippen molar-refractivity contribution in [2.24, 2.45) is 5.92 Å². The second kappa shape index (κ2) is 16.4. The SMILES string of the molecule is Cc1nc2ccc(OCC(F)(F)F)cc2c2c1O[C@]1(CC2)C[C@H]2C(=O)N[C@]3(C(=O)NS(=O)(=O)C4(C)CC4)C[C@H]3/C=C\CCCCC[C@H](NC(=O)OC(C)(C(F)(F)F)C(F)(F)F)C(=O)N2C1. The topological polar surface area (TPSA) is 182 Å². The highest BCUT2D eigenvalue weighted by atomic mass is 32.2. The lowest BCUT2D eigenvalue weighted by molar-refractivity contribution is -0.358. The quantitative estimate of drug-likeness (QED) is 0.204. The summed E-state index contributed by atoms with van der Waals surface area (Å²) in [5.41, 5.74) is -7.07. The molecule has 3 fully saturated rings. The number of hydrogen-bond acceptors (Lipinski definition) is 10. The highest BCUT2D eigenvalue weighted by Crippen LogP contribution is 2.50. The van der Waals surface area contributed by atoms with Gasteiger partial charge in [0.05, 0.1) is 22.5 Å². The number of benzene rings is 1. The molecule has 2 aliphatic carbocycles. The number of rotatable bonds is 7. The van der Waals surface area contributed by atoms with Gasteiger partial charge in [0.25, 0.3) is 11.5 Å². The predicted octanol–water partition coefficient (Wildman–Crippen LogP) is 6.52. The summed E-state index contributed by atoms with van der Waals surface area (Å²) >= 11 is 0. The minimum absolute atomic E-state index is 0.0310. The lowest BCUT2D eigenvalue weighted by Gasteiger charge is -2.37. The van der Waals surface area contributed by atoms with Crippen molar-refractivity contribution in [2.75, 3.05) is 13.2 Å². The first kappa shape index (κ1) is 47.9. The van der Waals surface area contributed by atoms with Gasteiger partial charge in [-0.05, 0) is 90.3 Å². The third kappa shape index (κ3) is 9.36. The zero-order valence-corrected chi connectivity index (χ0v) is 36.0. The molecule has 1 saturated heterocycles. The molecule has 0 unspecified atom stereocenters. The molecule has 3 aliphatic heterocycles. The van der Waals surface area contributed by atoms with Gasteiger partial charge in [0.15, 0.2) is 6.61 Å². The Morgan fingerprint density at radius 1 is 1.00 bits per heavy atom. The van der Waals surface area contributed by atoms with Crippen LogP contribution in [0.3, 0.4) is 0 Å². The largest absolute Gasteiger partial charge is 0.484 e. The van der Waals surface area contributed by atoms with E-state index >= 15 is 0 Å². The molecule has 5 atom stereocenters. The number of allylic oxidation sites excluding steroid dienone is 1. The van der Waals surface area contributed by atoms with Crippen LogP contribution >= 0.6 is 0 Å². The number of aromatic nitrogens is 1. The summed E-state index contributed by atoms with van der Waals surface area (Å²) in [6.07, 6.45) is -14.4. The molecule has 3 N–H and O–H groups in total. The first-order valence-electron chi connectivity index (χ1n) is 20.8. The Balaban J connectivity index is 1.24. The molecule has 24 heteroatoms. The van der Waals surface area contributed by atoms with Gasteiger partial charge in [-0.3, -0.25) is 19.1 Å². The van der Waals surface area contributed by atoms with Crippen molar-refractivity contribution in [3.05, 3.63) is 41.6 Å². The minimum Gasteiger partial charge on any atom is -0.484 e. The molecule has 358 valence electrons. The number of nitrogens with one attached hydrogen (secondary N) is 3. The summed E-state index contributed by atoms with van der Waals surface area (Å²) in [6, 6.07) is 0.685. The number of amides is 4. The van der Waals surface area contributed by atoms with Gasteiger partial charge in [-0.2, -0.15) is 39.5 Å². The van der Waals surface area contributed by atoms with Crippen LogP contribution in [-0.4, -0.2) is 107 Å². The second-order valence-electron chi connectivity index (χ2n) is 17.9. The van der Waals surface area contributed by atoms with Gasteiger partial charge in [0.2, 0.25) is 21.8 Å². The van der Waals surface area contributed by atoms with E-state index in [4.69, 9.17) is 9.47 Å². The molecule has 1 aromatic carbocycles. The van der Waals surface area contributed by atoms with Crippen molar-refractivity contribution in [1.82, 2.24) is 25.2 Å². The predicted molar refractivity (Wildman–Crippen MR) is 210 cm³/mol. The second-order valence-corrected chi connectivity index (χ2v) is 20.1. The third-order valence-corrected chi connectivity index (χ3v) is 15.2. The van der Waals surface area contributed by atoms with Gasteiger partial charge >= 0.3 is 24.6 Å². The van der Waals surface area contributed by atoms with Crippen LogP contribution in [0.1, 0.15) is 89.3 Å². The molecule has 1 aromatic heterocycles. The maximum Gasteiger partial charge on any atom is 0.437 e. The fourth-order valence-corrected chi connectivity index (χ4v) is 9.87. The maximum absolute atomic E-state index is 14.7. The molecular formula is C41H46F9N5O9S. The minimum atomic E-state index is -6.13. The average molecular weight is 956 g/mol. The van der Waals surface area contributed by atoms with E-state index in [9.17, 15) is 67.1 Å². The van der Waals surface area contributed by atoms with Crippen LogP contribution in [0.5, 0.6) is 11.5 Å². The van der Waals surface area contributed by atoms with E-state index in [0.29, 0.717) is 41.4 Å². The monoisotopic (exact) mass is 955 g/mol. The van der Waals surface area contributed by atoms with Crippen molar-refractivity contribution in [3.8, 4) is 11.5 Å². The Morgan fingerprint density at radius 2 is 1.69 bits per heavy atom. The van der Waals surface area contributed by atoms with Gasteiger partial charge in [0.1, 0.15) is 34.7 Å². The van der Waals surface area contributed by atoms with Gasteiger partial charge in [-0.25, -0.2) is 18.2 Å². The Hall–Kier alpha value is -5.03. The summed E-state index contributed by atoms with van der Waals surface area (Å²) < 4.78 is 164. The standard InChI is InChI=1S/C41H46F9N5O9S/c1-22-30-25(26-17-24(11-12-27(26)51-22)62-21-39(42,43)44)13-14-37(63-30)19-29-31(56)53-38(33(58)54-65(60,61)35(2)15-16-35)18-23(38)9-7-5-4-6-8-10-28(32(57)55(29)20-37)52-34(59)64-36(3,40(45,46)47)41(48,49)50/h7,9,11-12,17,23,28-29H,4-6,8,10,13-16,18-21H2,1-3H3,(H,52,59)(H,53,56)(H,54,58)/b9-7-/t23-,28+,29+,37-,38-/m1/s1. The molecule has 0 radical (unpaired) electrons. The van der Waals surface area contributed by atoms with Crippen LogP contribution in [-0.2, 0) is 35.6 Å². The number of nitrogens with zero attached hydrogens (tertiary/aromatic N) is 2. The summed E-state index contributed by atoms with van der Waals surface area (Å²) in [6.45, 7) is 0.625. The third-order valence-electron chi connectivity index (χ3n) is 13.0. The van der Waals surface area contributed by atoms with Crippen LogP contribution in [0.2, 0.25) is 0 Å². The number of fused-ring (bicyclic) bond motifs is 5. The van der Waals surface area contributed by atoms with Gasteiger partial charge in [-0.15, -0.1) is 0 Å². The highest BCUT2D eigenvalue weighted by molar-refractivity contribution is 7.91. The Kier molecular flexibility index (Phi) is 12.1. The molecule has 2 aromatic rings. The molecule has 65 heavy (non-hydrogen) atoms. The zero-order chi connectivity index (χ0) is 47.8. The number of pyridine rings is 1. The number of carbonyl (C=O) groups is 4. The first-order valence-corrected chi connectivity index (χ1v) is 22.3. The molecule has 0 bridgehead atoms. The van der Waals surface area contributed by atoms with Crippen LogP contribution in [0.4, 0.5) is 44.3 Å². The number of alkyl carbamates (subject to hydrolysis) is 1. The van der Waals surface area contributed by atoms with E-state index < -0.39 is 105 Å². The van der Waals surface area contributed by atoms with E-state index in [0.717, 1.165) is 4.90 Å². The first-order chi connectivity index (χ1) is 30.0. The van der Waals surface area contributed by atoms with Gasteiger partial charge in [-0.1, -0.05) is 25.0 Å². The number of hydrogen-bond donors (Lipinski definition) is 3. The number of halogens is 9. The molecule has 4 heterocycles. The van der Waals surface area contributed by atoms with Crippen molar-refractivity contribution < 1.29 is 81.3 Å². The number of alkyl halides is 9. The normalized spacial score (nSPS) is 27.8. The van der Waals surface area contributed by atoms with Gasteiger partial charge < -0.3 is 29.7 Å².